The van der Waals surface area contributed by atoms with E-state index in [1.165, 1.54) is 24.1 Å². The van der Waals surface area contributed by atoms with Crippen molar-refractivity contribution in [2.75, 3.05) is 12.0 Å². The molecule has 0 spiro atoms. The summed E-state index contributed by atoms with van der Waals surface area (Å²) in [6.45, 7) is 6.32. The zero-order valence-corrected chi connectivity index (χ0v) is 21.3. The van der Waals surface area contributed by atoms with Gasteiger partial charge in [0.1, 0.15) is 5.76 Å². The summed E-state index contributed by atoms with van der Waals surface area (Å²) in [7, 11) is 1.43. The summed E-state index contributed by atoms with van der Waals surface area (Å²) in [5, 5.41) is 11.7. The van der Waals surface area contributed by atoms with Gasteiger partial charge < -0.3 is 9.84 Å². The number of nitrogens with zero attached hydrogens (tertiary/aromatic N) is 1. The number of amides is 1. The zero-order chi connectivity index (χ0) is 25.5. The maximum absolute atomic E-state index is 13.3. The van der Waals surface area contributed by atoms with Gasteiger partial charge >= 0.3 is 0 Å². The fraction of sp³-hybridized carbons (Fsp3) is 0.214. The van der Waals surface area contributed by atoms with Crippen molar-refractivity contribution < 1.29 is 19.4 Å². The molecule has 1 unspecified atom stereocenters. The van der Waals surface area contributed by atoms with Crippen molar-refractivity contribution >= 4 is 46.3 Å². The quantitative estimate of drug-likeness (QED) is 0.235. The van der Waals surface area contributed by atoms with Crippen molar-refractivity contribution in [3.63, 3.8) is 0 Å². The van der Waals surface area contributed by atoms with Crippen molar-refractivity contribution in [2.24, 2.45) is 0 Å². The third-order valence-corrected chi connectivity index (χ3v) is 6.61. The van der Waals surface area contributed by atoms with Crippen LogP contribution in [0, 0.1) is 0 Å². The lowest BCUT2D eigenvalue weighted by Gasteiger charge is -2.26. The third kappa shape index (κ3) is 4.54. The number of methoxy groups -OCH3 is 1. The number of benzene rings is 3. The molecule has 7 heteroatoms. The predicted molar refractivity (Wildman–Crippen MR) is 139 cm³/mol. The van der Waals surface area contributed by atoms with Gasteiger partial charge in [0.25, 0.3) is 11.7 Å². The van der Waals surface area contributed by atoms with Crippen LogP contribution in [-0.4, -0.2) is 23.9 Å². The Labute approximate surface area is 214 Å². The molecule has 1 heterocycles. The summed E-state index contributed by atoms with van der Waals surface area (Å²) in [6, 6.07) is 18.7. The number of ketones is 1. The predicted octanol–water partition coefficient (Wildman–Crippen LogP) is 6.93. The van der Waals surface area contributed by atoms with Gasteiger partial charge in [0.2, 0.25) is 0 Å². The maximum atomic E-state index is 13.3. The van der Waals surface area contributed by atoms with Crippen LogP contribution in [0.2, 0.25) is 10.0 Å². The van der Waals surface area contributed by atoms with Crippen molar-refractivity contribution in [1.82, 2.24) is 0 Å². The SMILES string of the molecule is COc1c(Cl)cc(/C(O)=C2\C(=O)C(=O)N(c3ccccc3)C2c2ccc(C(C)(C)C)cc2)cc1Cl. The molecular weight excluding hydrogens is 485 g/mol. The first-order chi connectivity index (χ1) is 16.5. The molecule has 0 aliphatic carbocycles. The molecule has 0 aromatic heterocycles. The standard InChI is InChI=1S/C28H25Cl2NO4/c1-28(2,3)18-12-10-16(11-13-18)23-22(24(32)17-14-20(29)26(35-4)21(30)15-17)25(33)27(34)31(23)19-8-6-5-7-9-19/h5-15,23,32H,1-4H3/b24-22+. The highest BCUT2D eigenvalue weighted by atomic mass is 35.5. The van der Waals surface area contributed by atoms with Crippen molar-refractivity contribution in [1.29, 1.82) is 0 Å². The molecule has 1 amide bonds. The molecule has 1 saturated heterocycles. The number of carbonyl (C=O) groups is 2. The van der Waals surface area contributed by atoms with Gasteiger partial charge in [-0.3, -0.25) is 14.5 Å². The van der Waals surface area contributed by atoms with Crippen molar-refractivity contribution in [3.05, 3.63) is 99.0 Å². The molecule has 5 nitrogen and oxygen atoms in total. The first kappa shape index (κ1) is 24.8. The first-order valence-corrected chi connectivity index (χ1v) is 11.8. The Bertz CT molecular complexity index is 1300. The van der Waals surface area contributed by atoms with E-state index in [1.807, 2.05) is 30.3 Å². The summed E-state index contributed by atoms with van der Waals surface area (Å²) in [6.07, 6.45) is 0. The normalized spacial score (nSPS) is 17.7. The molecule has 0 radical (unpaired) electrons. The van der Waals surface area contributed by atoms with Gasteiger partial charge in [0, 0.05) is 11.3 Å². The molecule has 1 N–H and O–H groups in total. The van der Waals surface area contributed by atoms with Crippen LogP contribution in [-0.2, 0) is 15.0 Å². The molecule has 1 atom stereocenters. The lowest BCUT2D eigenvalue weighted by atomic mass is 9.85. The molecule has 1 fully saturated rings. The zero-order valence-electron chi connectivity index (χ0n) is 19.8. The van der Waals surface area contributed by atoms with E-state index in [0.29, 0.717) is 11.3 Å². The Balaban J connectivity index is 1.94. The van der Waals surface area contributed by atoms with Crippen LogP contribution in [0.15, 0.2) is 72.3 Å². The summed E-state index contributed by atoms with van der Waals surface area (Å²) in [5.41, 5.74) is 2.43. The molecular formula is C28H25Cl2NO4. The molecule has 1 aliphatic heterocycles. The first-order valence-electron chi connectivity index (χ1n) is 11.0. The largest absolute Gasteiger partial charge is 0.507 e. The van der Waals surface area contributed by atoms with Crippen LogP contribution < -0.4 is 9.64 Å². The number of para-hydroxylation sites is 1. The van der Waals surface area contributed by atoms with E-state index in [0.717, 1.165) is 5.56 Å². The van der Waals surface area contributed by atoms with E-state index < -0.39 is 17.7 Å². The van der Waals surface area contributed by atoms with Crippen molar-refractivity contribution in [2.45, 2.75) is 32.2 Å². The number of Topliss-reactive ketones (excluding diaryl/α,β-unsaturated/α-hetero) is 1. The molecule has 3 aromatic rings. The molecule has 180 valence electrons. The second-order valence-corrected chi connectivity index (χ2v) is 10.2. The van der Waals surface area contributed by atoms with Crippen LogP contribution in [0.3, 0.4) is 0 Å². The van der Waals surface area contributed by atoms with E-state index in [-0.39, 0.29) is 38.1 Å². The minimum Gasteiger partial charge on any atom is -0.507 e. The van der Waals surface area contributed by atoms with E-state index >= 15 is 0 Å². The van der Waals surface area contributed by atoms with E-state index in [4.69, 9.17) is 27.9 Å². The number of rotatable bonds is 4. The van der Waals surface area contributed by atoms with Gasteiger partial charge in [0.15, 0.2) is 5.75 Å². The Hall–Kier alpha value is -3.28. The Morgan fingerprint density at radius 1 is 0.943 bits per heavy atom. The molecule has 0 bridgehead atoms. The number of carbonyl (C=O) groups excluding carboxylic acids is 2. The number of anilines is 1. The van der Waals surface area contributed by atoms with Crippen LogP contribution in [0.25, 0.3) is 5.76 Å². The van der Waals surface area contributed by atoms with Gasteiger partial charge in [-0.2, -0.15) is 0 Å². The van der Waals surface area contributed by atoms with Gasteiger partial charge in [0.05, 0.1) is 28.8 Å². The monoisotopic (exact) mass is 509 g/mol. The fourth-order valence-electron chi connectivity index (χ4n) is 4.22. The van der Waals surface area contributed by atoms with E-state index in [9.17, 15) is 14.7 Å². The average Bonchev–Trinajstić information content (AvgIpc) is 3.09. The van der Waals surface area contributed by atoms with Crippen LogP contribution in [0.5, 0.6) is 5.75 Å². The van der Waals surface area contributed by atoms with E-state index in [1.54, 1.807) is 24.3 Å². The summed E-state index contributed by atoms with van der Waals surface area (Å²) in [4.78, 5) is 28.0. The summed E-state index contributed by atoms with van der Waals surface area (Å²) < 4.78 is 5.19. The van der Waals surface area contributed by atoms with Crippen LogP contribution >= 0.6 is 23.2 Å². The molecule has 3 aromatic carbocycles. The maximum Gasteiger partial charge on any atom is 0.300 e. The third-order valence-electron chi connectivity index (χ3n) is 6.05. The number of ether oxygens (including phenoxy) is 1. The Morgan fingerprint density at radius 2 is 1.51 bits per heavy atom. The number of hydrogen-bond acceptors (Lipinski definition) is 4. The second-order valence-electron chi connectivity index (χ2n) is 9.35. The lowest BCUT2D eigenvalue weighted by Crippen LogP contribution is -2.29. The molecule has 1 aliphatic rings. The number of hydrogen-bond donors (Lipinski definition) is 1. The van der Waals surface area contributed by atoms with Crippen LogP contribution in [0.1, 0.15) is 43.5 Å². The van der Waals surface area contributed by atoms with Gasteiger partial charge in [-0.15, -0.1) is 0 Å². The van der Waals surface area contributed by atoms with Gasteiger partial charge in [-0.1, -0.05) is 86.4 Å². The fourth-order valence-corrected chi connectivity index (χ4v) is 4.86. The summed E-state index contributed by atoms with van der Waals surface area (Å²) in [5.74, 6) is -1.63. The van der Waals surface area contributed by atoms with Crippen molar-refractivity contribution in [3.8, 4) is 5.75 Å². The molecule has 35 heavy (non-hydrogen) atoms. The Kier molecular flexibility index (Phi) is 6.67. The highest BCUT2D eigenvalue weighted by Gasteiger charge is 2.47. The summed E-state index contributed by atoms with van der Waals surface area (Å²) >= 11 is 12.6. The minimum atomic E-state index is -0.842. The number of aliphatic hydroxyl groups is 1. The number of aliphatic hydroxyl groups excluding tert-OH is 1. The average molecular weight is 510 g/mol. The van der Waals surface area contributed by atoms with Gasteiger partial charge in [-0.05, 0) is 40.8 Å². The van der Waals surface area contributed by atoms with E-state index in [2.05, 4.69) is 20.8 Å². The lowest BCUT2D eigenvalue weighted by molar-refractivity contribution is -0.132. The highest BCUT2D eigenvalue weighted by molar-refractivity contribution is 6.51. The van der Waals surface area contributed by atoms with Gasteiger partial charge in [-0.25, -0.2) is 0 Å². The molecule has 4 rings (SSSR count). The Morgan fingerprint density at radius 3 is 2.03 bits per heavy atom. The number of halogens is 2. The highest BCUT2D eigenvalue weighted by Crippen LogP contribution is 2.44. The molecule has 0 saturated carbocycles. The second kappa shape index (κ2) is 9.40. The topological polar surface area (TPSA) is 66.8 Å². The smallest absolute Gasteiger partial charge is 0.300 e. The minimum absolute atomic E-state index is 0.0420. The van der Waals surface area contributed by atoms with Crippen LogP contribution in [0.4, 0.5) is 5.69 Å².